The molecule has 1 atom stereocenters. The maximum absolute atomic E-state index is 9.28. The van der Waals surface area contributed by atoms with Gasteiger partial charge in [-0.3, -0.25) is 10.1 Å². The molecule has 4 N–H and O–H groups in total. The molecule has 0 radical (unpaired) electrons. The monoisotopic (exact) mass is 178 g/mol. The van der Waals surface area contributed by atoms with Gasteiger partial charge in [-0.1, -0.05) is 0 Å². The van der Waals surface area contributed by atoms with Crippen LogP contribution in [0.15, 0.2) is 12.3 Å². The Morgan fingerprint density at radius 3 is 3.08 bits per heavy atom. The lowest BCUT2D eigenvalue weighted by atomic mass is 10.2. The van der Waals surface area contributed by atoms with E-state index in [0.717, 1.165) is 11.1 Å². The average Bonchev–Trinajstić information content (AvgIpc) is 2.47. The summed E-state index contributed by atoms with van der Waals surface area (Å²) < 4.78 is 0. The molecule has 2 rings (SSSR count). The number of hydrogen-bond donors (Lipinski definition) is 3. The van der Waals surface area contributed by atoms with Crippen LogP contribution in [0.25, 0.3) is 11.0 Å². The average molecular weight is 178 g/mol. The molecule has 5 nitrogen and oxygen atoms in total. The minimum atomic E-state index is -0.526. The quantitative estimate of drug-likeness (QED) is 0.596. The number of aliphatic hydroxyl groups excluding tert-OH is 1. The van der Waals surface area contributed by atoms with Gasteiger partial charge in [-0.25, -0.2) is 0 Å². The lowest BCUT2D eigenvalue weighted by Gasteiger charge is -2.02. The van der Waals surface area contributed by atoms with Crippen LogP contribution in [0.5, 0.6) is 0 Å². The fourth-order valence-corrected chi connectivity index (χ4v) is 1.17. The number of pyridine rings is 1. The summed E-state index contributed by atoms with van der Waals surface area (Å²) in [7, 11) is 0. The van der Waals surface area contributed by atoms with Crippen molar-refractivity contribution in [2.24, 2.45) is 0 Å². The van der Waals surface area contributed by atoms with E-state index < -0.39 is 6.10 Å². The second kappa shape index (κ2) is 2.70. The number of hydrogen-bond acceptors (Lipinski definition) is 4. The summed E-state index contributed by atoms with van der Waals surface area (Å²) in [6, 6.07) is 1.79. The van der Waals surface area contributed by atoms with Gasteiger partial charge in [0.15, 0.2) is 5.82 Å². The smallest absolute Gasteiger partial charge is 0.171 e. The van der Waals surface area contributed by atoms with Crippen molar-refractivity contribution in [1.29, 1.82) is 0 Å². The van der Waals surface area contributed by atoms with Gasteiger partial charge in [0.2, 0.25) is 0 Å². The fraction of sp³-hybridized carbons (Fsp3) is 0.250. The Morgan fingerprint density at radius 2 is 2.38 bits per heavy atom. The number of nitrogens with zero attached hydrogens (tertiary/aromatic N) is 2. The molecule has 68 valence electrons. The standard InChI is InChI=1S/C8H10N4O/c1-4(13)5-2-6-7(10-3-5)8(9)12-11-6/h2-4,13H,1H3,(H3,9,11,12). The largest absolute Gasteiger partial charge is 0.389 e. The first-order valence-electron chi connectivity index (χ1n) is 3.96. The molecule has 13 heavy (non-hydrogen) atoms. The van der Waals surface area contributed by atoms with Crippen molar-refractivity contribution < 1.29 is 5.11 Å². The molecular weight excluding hydrogens is 168 g/mol. The normalized spacial score (nSPS) is 13.4. The minimum Gasteiger partial charge on any atom is -0.389 e. The van der Waals surface area contributed by atoms with Gasteiger partial charge in [0.05, 0.1) is 11.6 Å². The van der Waals surface area contributed by atoms with Gasteiger partial charge in [-0.05, 0) is 13.0 Å². The Kier molecular flexibility index (Phi) is 1.66. The topological polar surface area (TPSA) is 87.8 Å². The second-order valence-electron chi connectivity index (χ2n) is 2.95. The SMILES string of the molecule is CC(O)c1cnc2c(N)n[nH]c2c1. The first kappa shape index (κ1) is 8.00. The van der Waals surface area contributed by atoms with Crippen molar-refractivity contribution >= 4 is 16.9 Å². The molecule has 0 aliphatic heterocycles. The van der Waals surface area contributed by atoms with Crippen LogP contribution in [0, 0.1) is 0 Å². The maximum atomic E-state index is 9.28. The van der Waals surface area contributed by atoms with Crippen LogP contribution in [0.3, 0.4) is 0 Å². The van der Waals surface area contributed by atoms with Crippen molar-refractivity contribution in [3.63, 3.8) is 0 Å². The highest BCUT2D eigenvalue weighted by molar-refractivity contribution is 5.84. The van der Waals surface area contributed by atoms with Crippen LogP contribution in [0.1, 0.15) is 18.6 Å². The third-order valence-electron chi connectivity index (χ3n) is 1.93. The van der Waals surface area contributed by atoms with E-state index >= 15 is 0 Å². The molecule has 5 heteroatoms. The number of H-pyrrole nitrogens is 1. The Labute approximate surface area is 74.6 Å². The summed E-state index contributed by atoms with van der Waals surface area (Å²) in [6.07, 6.45) is 1.07. The number of rotatable bonds is 1. The number of aromatic amines is 1. The number of nitrogens with one attached hydrogen (secondary N) is 1. The van der Waals surface area contributed by atoms with E-state index in [4.69, 9.17) is 5.73 Å². The molecule has 0 aromatic carbocycles. The predicted molar refractivity (Wildman–Crippen MR) is 48.9 cm³/mol. The van der Waals surface area contributed by atoms with Gasteiger partial charge in [0.1, 0.15) is 5.52 Å². The number of anilines is 1. The molecule has 0 saturated heterocycles. The van der Waals surface area contributed by atoms with E-state index in [-0.39, 0.29) is 0 Å². The highest BCUT2D eigenvalue weighted by atomic mass is 16.3. The molecular formula is C8H10N4O. The van der Waals surface area contributed by atoms with E-state index in [1.165, 1.54) is 0 Å². The molecule has 0 spiro atoms. The molecule has 2 aromatic heterocycles. The van der Waals surface area contributed by atoms with Gasteiger partial charge in [0.25, 0.3) is 0 Å². The highest BCUT2D eigenvalue weighted by Crippen LogP contribution is 2.19. The molecule has 0 aliphatic rings. The molecule has 0 fully saturated rings. The van der Waals surface area contributed by atoms with Crippen LogP contribution in [-0.2, 0) is 0 Å². The van der Waals surface area contributed by atoms with Crippen LogP contribution < -0.4 is 5.73 Å². The minimum absolute atomic E-state index is 0.382. The van der Waals surface area contributed by atoms with Crippen molar-refractivity contribution in [3.05, 3.63) is 17.8 Å². The zero-order valence-electron chi connectivity index (χ0n) is 7.15. The van der Waals surface area contributed by atoms with E-state index in [2.05, 4.69) is 15.2 Å². The van der Waals surface area contributed by atoms with Crippen LogP contribution in [0.2, 0.25) is 0 Å². The number of aromatic nitrogens is 3. The number of aliphatic hydroxyl groups is 1. The Bertz CT molecular complexity index is 435. The van der Waals surface area contributed by atoms with Gasteiger partial charge in [-0.15, -0.1) is 0 Å². The highest BCUT2D eigenvalue weighted by Gasteiger charge is 2.06. The molecule has 2 heterocycles. The first-order chi connectivity index (χ1) is 6.18. The maximum Gasteiger partial charge on any atom is 0.171 e. The first-order valence-corrected chi connectivity index (χ1v) is 3.96. The van der Waals surface area contributed by atoms with Gasteiger partial charge in [0, 0.05) is 11.8 Å². The van der Waals surface area contributed by atoms with Crippen molar-refractivity contribution in [2.45, 2.75) is 13.0 Å². The third-order valence-corrected chi connectivity index (χ3v) is 1.93. The van der Waals surface area contributed by atoms with Crippen LogP contribution in [0.4, 0.5) is 5.82 Å². The lowest BCUT2D eigenvalue weighted by molar-refractivity contribution is 0.199. The lowest BCUT2D eigenvalue weighted by Crippen LogP contribution is -1.92. The summed E-state index contributed by atoms with van der Waals surface area (Å²) in [5.74, 6) is 0.382. The molecule has 0 aliphatic carbocycles. The molecule has 0 saturated carbocycles. The zero-order valence-corrected chi connectivity index (χ0v) is 7.15. The van der Waals surface area contributed by atoms with Crippen LogP contribution in [-0.4, -0.2) is 20.3 Å². The molecule has 0 amide bonds. The fourth-order valence-electron chi connectivity index (χ4n) is 1.17. The van der Waals surface area contributed by atoms with Gasteiger partial charge >= 0.3 is 0 Å². The summed E-state index contributed by atoms with van der Waals surface area (Å²) >= 11 is 0. The number of fused-ring (bicyclic) bond motifs is 1. The van der Waals surface area contributed by atoms with Crippen molar-refractivity contribution in [2.75, 3.05) is 5.73 Å². The summed E-state index contributed by atoms with van der Waals surface area (Å²) in [5, 5.41) is 15.8. The third kappa shape index (κ3) is 1.23. The van der Waals surface area contributed by atoms with E-state index in [1.54, 1.807) is 19.2 Å². The van der Waals surface area contributed by atoms with E-state index in [9.17, 15) is 5.11 Å². The number of nitrogens with two attached hydrogens (primary N) is 1. The summed E-state index contributed by atoms with van der Waals surface area (Å²) in [6.45, 7) is 1.68. The Balaban J connectivity index is 2.63. The Morgan fingerprint density at radius 1 is 1.62 bits per heavy atom. The van der Waals surface area contributed by atoms with E-state index in [0.29, 0.717) is 11.3 Å². The van der Waals surface area contributed by atoms with Crippen LogP contribution >= 0.6 is 0 Å². The molecule has 2 aromatic rings. The summed E-state index contributed by atoms with van der Waals surface area (Å²) in [4.78, 5) is 4.08. The van der Waals surface area contributed by atoms with E-state index in [1.807, 2.05) is 0 Å². The van der Waals surface area contributed by atoms with Crippen molar-refractivity contribution in [1.82, 2.24) is 15.2 Å². The van der Waals surface area contributed by atoms with Crippen molar-refractivity contribution in [3.8, 4) is 0 Å². The second-order valence-corrected chi connectivity index (χ2v) is 2.95. The van der Waals surface area contributed by atoms with Gasteiger partial charge in [-0.2, -0.15) is 5.10 Å². The predicted octanol–water partition coefficient (Wildman–Crippen LogP) is 0.593. The molecule has 0 bridgehead atoms. The Hall–Kier alpha value is -1.62. The van der Waals surface area contributed by atoms with Gasteiger partial charge < -0.3 is 10.8 Å². The molecule has 1 unspecified atom stereocenters. The summed E-state index contributed by atoms with van der Waals surface area (Å²) in [5.41, 5.74) is 7.67. The number of nitrogen functional groups attached to an aromatic ring is 1. The zero-order chi connectivity index (χ0) is 9.42.